The summed E-state index contributed by atoms with van der Waals surface area (Å²) in [6, 6.07) is 20.4. The van der Waals surface area contributed by atoms with Crippen LogP contribution in [0.15, 0.2) is 60.7 Å². The van der Waals surface area contributed by atoms with Gasteiger partial charge in [0.25, 0.3) is 0 Å². The SMILES string of the molecule is ClCC(CCl)(c1ccccc1)c1ccccc1.N=C=O.N=C=O. The number of halogens is 2. The van der Waals surface area contributed by atoms with Gasteiger partial charge in [-0.25, -0.2) is 20.4 Å². The molecule has 2 aromatic rings. The molecule has 2 rings (SSSR count). The summed E-state index contributed by atoms with van der Waals surface area (Å²) in [6.45, 7) is 0. The highest BCUT2D eigenvalue weighted by atomic mass is 35.5. The van der Waals surface area contributed by atoms with Crippen molar-refractivity contribution in [1.29, 1.82) is 10.8 Å². The molecule has 0 aromatic heterocycles. The second kappa shape index (κ2) is 12.3. The van der Waals surface area contributed by atoms with Crippen molar-refractivity contribution in [3.05, 3.63) is 71.8 Å². The van der Waals surface area contributed by atoms with Crippen molar-refractivity contribution in [1.82, 2.24) is 0 Å². The molecule has 0 spiro atoms. The van der Waals surface area contributed by atoms with Crippen LogP contribution >= 0.6 is 23.2 Å². The van der Waals surface area contributed by atoms with Gasteiger partial charge in [-0.1, -0.05) is 60.7 Å². The fourth-order valence-corrected chi connectivity index (χ4v) is 2.93. The zero-order chi connectivity index (χ0) is 17.6. The molecule has 0 amide bonds. The van der Waals surface area contributed by atoms with Crippen LogP contribution in [0.5, 0.6) is 0 Å². The molecule has 0 aliphatic rings. The van der Waals surface area contributed by atoms with E-state index in [1.807, 2.05) is 36.4 Å². The maximum atomic E-state index is 8.35. The first-order valence-corrected chi connectivity index (χ1v) is 7.54. The van der Waals surface area contributed by atoms with E-state index >= 15 is 0 Å². The Morgan fingerprint density at radius 1 is 0.739 bits per heavy atom. The molecule has 0 unspecified atom stereocenters. The van der Waals surface area contributed by atoms with Gasteiger partial charge in [0.1, 0.15) is 0 Å². The largest absolute Gasteiger partial charge is 0.231 e. The van der Waals surface area contributed by atoms with E-state index in [1.165, 1.54) is 0 Å². The highest BCUT2D eigenvalue weighted by molar-refractivity contribution is 6.22. The van der Waals surface area contributed by atoms with Gasteiger partial charge in [0.2, 0.25) is 12.2 Å². The lowest BCUT2D eigenvalue weighted by molar-refractivity contribution is 0.562. The van der Waals surface area contributed by atoms with E-state index in [4.69, 9.17) is 43.6 Å². The minimum Gasteiger partial charge on any atom is -0.222 e. The molecule has 0 atom stereocenters. The number of nitrogens with one attached hydrogen (secondary N) is 2. The molecule has 2 N–H and O–H groups in total. The number of carbonyl (C=O) groups excluding carboxylic acids is 2. The minimum atomic E-state index is -0.300. The summed E-state index contributed by atoms with van der Waals surface area (Å²) < 4.78 is 0. The summed E-state index contributed by atoms with van der Waals surface area (Å²) in [5.41, 5.74) is 2.03. The van der Waals surface area contributed by atoms with Gasteiger partial charge in [-0.2, -0.15) is 0 Å². The number of hydrogen-bond acceptors (Lipinski definition) is 4. The first-order chi connectivity index (χ1) is 11.2. The zero-order valence-electron chi connectivity index (χ0n) is 12.3. The average Bonchev–Trinajstić information content (AvgIpc) is 2.60. The molecule has 0 aliphatic carbocycles. The summed E-state index contributed by atoms with van der Waals surface area (Å²) >= 11 is 12.4. The van der Waals surface area contributed by atoms with Crippen LogP contribution in [0.4, 0.5) is 0 Å². The molecule has 0 aliphatic heterocycles. The Kier molecular flexibility index (Phi) is 11.1. The molecule has 0 saturated carbocycles. The molecule has 2 aromatic carbocycles. The minimum absolute atomic E-state index is 0.300. The van der Waals surface area contributed by atoms with Gasteiger partial charge >= 0.3 is 0 Å². The van der Waals surface area contributed by atoms with Gasteiger partial charge in [0, 0.05) is 17.2 Å². The third-order valence-electron chi connectivity index (χ3n) is 3.11. The Hall–Kier alpha value is -2.22. The van der Waals surface area contributed by atoms with Gasteiger partial charge in [0.15, 0.2) is 0 Å². The van der Waals surface area contributed by atoms with E-state index in [-0.39, 0.29) is 5.41 Å². The Morgan fingerprint density at radius 3 is 1.22 bits per heavy atom. The second-order valence-corrected chi connectivity index (χ2v) is 4.82. The standard InChI is InChI=1S/C15H14Cl2.2CHNO/c16-11-15(12-17,13-7-3-1-4-8-13)14-9-5-2-6-10-14;2*2-1-3/h1-10H,11-12H2;2*2H. The van der Waals surface area contributed by atoms with Crippen LogP contribution in [0.2, 0.25) is 0 Å². The molecular formula is C17H16Cl2N2O2. The maximum Gasteiger partial charge on any atom is 0.231 e. The summed E-state index contributed by atoms with van der Waals surface area (Å²) in [6.07, 6.45) is 1.50. The monoisotopic (exact) mass is 350 g/mol. The lowest BCUT2D eigenvalue weighted by Crippen LogP contribution is -2.31. The number of alkyl halides is 2. The van der Waals surface area contributed by atoms with Gasteiger partial charge in [0.05, 0.1) is 0 Å². The van der Waals surface area contributed by atoms with Gasteiger partial charge < -0.3 is 0 Å². The first kappa shape index (κ1) is 20.8. The van der Waals surface area contributed by atoms with Crippen molar-refractivity contribution in [2.45, 2.75) is 5.41 Å². The van der Waals surface area contributed by atoms with Gasteiger partial charge in [-0.15, -0.1) is 23.2 Å². The van der Waals surface area contributed by atoms with E-state index in [0.717, 1.165) is 23.3 Å². The summed E-state index contributed by atoms with van der Waals surface area (Å²) in [7, 11) is 0. The van der Waals surface area contributed by atoms with E-state index < -0.39 is 0 Å². The van der Waals surface area contributed by atoms with Crippen LogP contribution in [0.25, 0.3) is 0 Å². The molecule has 120 valence electrons. The van der Waals surface area contributed by atoms with Crippen molar-refractivity contribution in [2.24, 2.45) is 0 Å². The third-order valence-corrected chi connectivity index (χ3v) is 4.02. The van der Waals surface area contributed by atoms with E-state index in [2.05, 4.69) is 24.3 Å². The van der Waals surface area contributed by atoms with Crippen molar-refractivity contribution in [3.8, 4) is 0 Å². The summed E-state index contributed by atoms with van der Waals surface area (Å²) in [4.78, 5) is 16.7. The van der Waals surface area contributed by atoms with Crippen molar-refractivity contribution in [3.63, 3.8) is 0 Å². The lowest BCUT2D eigenvalue weighted by atomic mass is 9.78. The first-order valence-electron chi connectivity index (χ1n) is 6.47. The average molecular weight is 351 g/mol. The Balaban J connectivity index is 0.000000704. The second-order valence-electron chi connectivity index (χ2n) is 4.29. The topological polar surface area (TPSA) is 81.8 Å². The van der Waals surface area contributed by atoms with Crippen LogP contribution in [0.1, 0.15) is 11.1 Å². The van der Waals surface area contributed by atoms with Crippen molar-refractivity contribution >= 4 is 35.4 Å². The van der Waals surface area contributed by atoms with Crippen LogP contribution in [-0.4, -0.2) is 23.9 Å². The zero-order valence-corrected chi connectivity index (χ0v) is 13.8. The Morgan fingerprint density at radius 2 is 1.00 bits per heavy atom. The van der Waals surface area contributed by atoms with Crippen LogP contribution in [0, 0.1) is 10.8 Å². The molecule has 0 bridgehead atoms. The molecule has 0 saturated heterocycles. The lowest BCUT2D eigenvalue weighted by Gasteiger charge is -2.30. The third kappa shape index (κ3) is 6.19. The Bertz CT molecular complexity index is 564. The van der Waals surface area contributed by atoms with E-state index in [9.17, 15) is 0 Å². The number of isocyanates is 2. The highest BCUT2D eigenvalue weighted by Crippen LogP contribution is 2.34. The molecule has 23 heavy (non-hydrogen) atoms. The predicted octanol–water partition coefficient (Wildman–Crippen LogP) is 4.25. The molecule has 0 heterocycles. The van der Waals surface area contributed by atoms with Gasteiger partial charge in [-0.3, -0.25) is 0 Å². The fourth-order valence-electron chi connectivity index (χ4n) is 2.03. The van der Waals surface area contributed by atoms with E-state index in [0.29, 0.717) is 11.8 Å². The molecule has 4 nitrogen and oxygen atoms in total. The quantitative estimate of drug-likeness (QED) is 0.490. The van der Waals surface area contributed by atoms with Crippen molar-refractivity contribution < 1.29 is 9.59 Å². The smallest absolute Gasteiger partial charge is 0.222 e. The number of benzene rings is 2. The van der Waals surface area contributed by atoms with Crippen LogP contribution < -0.4 is 0 Å². The number of hydrogen-bond donors (Lipinski definition) is 2. The maximum absolute atomic E-state index is 8.35. The summed E-state index contributed by atoms with van der Waals surface area (Å²) in [5.74, 6) is 0.953. The predicted molar refractivity (Wildman–Crippen MR) is 91.9 cm³/mol. The molecule has 0 radical (unpaired) electrons. The van der Waals surface area contributed by atoms with Crippen molar-refractivity contribution in [2.75, 3.05) is 11.8 Å². The van der Waals surface area contributed by atoms with Gasteiger partial charge in [-0.05, 0) is 11.1 Å². The Labute approximate surface area is 145 Å². The fraction of sp³-hybridized carbons (Fsp3) is 0.176. The van der Waals surface area contributed by atoms with Crippen LogP contribution in [0.3, 0.4) is 0 Å². The highest BCUT2D eigenvalue weighted by Gasteiger charge is 2.32. The molecule has 6 heteroatoms. The molecule has 0 fully saturated rings. The summed E-state index contributed by atoms with van der Waals surface area (Å²) in [5, 5.41) is 10.8. The normalized spacial score (nSPS) is 9.13. The molecular weight excluding hydrogens is 335 g/mol. The van der Waals surface area contributed by atoms with E-state index in [1.54, 1.807) is 0 Å². The van der Waals surface area contributed by atoms with Crippen LogP contribution in [-0.2, 0) is 15.0 Å². The number of rotatable bonds is 4.